The van der Waals surface area contributed by atoms with Crippen molar-refractivity contribution in [1.29, 1.82) is 0 Å². The Bertz CT molecular complexity index is 575. The zero-order valence-corrected chi connectivity index (χ0v) is 15.4. The van der Waals surface area contributed by atoms with Crippen LogP contribution >= 0.6 is 11.8 Å². The van der Waals surface area contributed by atoms with E-state index in [1.807, 2.05) is 32.9 Å². The molecule has 1 rings (SSSR count). The Morgan fingerprint density at radius 2 is 1.79 bits per heavy atom. The maximum atomic E-state index is 12.5. The minimum atomic E-state index is -0.300. The molecule has 1 atom stereocenters. The van der Waals surface area contributed by atoms with Gasteiger partial charge >= 0.3 is 0 Å². The molecule has 3 amide bonds. The zero-order chi connectivity index (χ0) is 18.1. The van der Waals surface area contributed by atoms with Gasteiger partial charge in [-0.3, -0.25) is 14.4 Å². The van der Waals surface area contributed by atoms with Gasteiger partial charge in [0.05, 0.1) is 11.8 Å². The predicted molar refractivity (Wildman–Crippen MR) is 97.0 cm³/mol. The molecule has 0 aliphatic rings. The molecular formula is C17H25N3O3S. The summed E-state index contributed by atoms with van der Waals surface area (Å²) in [7, 11) is 0. The summed E-state index contributed by atoms with van der Waals surface area (Å²) in [6.45, 7) is 8.11. The summed E-state index contributed by atoms with van der Waals surface area (Å²) in [6.07, 6.45) is 0. The Balaban J connectivity index is 2.64. The van der Waals surface area contributed by atoms with Crippen molar-refractivity contribution in [3.05, 3.63) is 24.3 Å². The quantitative estimate of drug-likeness (QED) is 0.703. The standard InChI is InChI=1S/C17H25N3O3S/c1-5-18-16(22)11-20(6-2)17(23)12(3)24-15-9-7-14(8-10-15)19-13(4)21/h7-10,12H,5-6,11H2,1-4H3,(H,18,22)(H,19,21). The van der Waals surface area contributed by atoms with Crippen LogP contribution in [0.3, 0.4) is 0 Å². The molecule has 0 aliphatic carbocycles. The monoisotopic (exact) mass is 351 g/mol. The van der Waals surface area contributed by atoms with Crippen LogP contribution < -0.4 is 10.6 Å². The molecule has 2 N–H and O–H groups in total. The van der Waals surface area contributed by atoms with Crippen molar-refractivity contribution in [2.24, 2.45) is 0 Å². The molecule has 0 saturated carbocycles. The van der Waals surface area contributed by atoms with E-state index >= 15 is 0 Å². The number of anilines is 1. The maximum Gasteiger partial charge on any atom is 0.239 e. The van der Waals surface area contributed by atoms with Crippen molar-refractivity contribution in [3.63, 3.8) is 0 Å². The fraction of sp³-hybridized carbons (Fsp3) is 0.471. The van der Waals surface area contributed by atoms with Crippen LogP contribution in [0.1, 0.15) is 27.7 Å². The van der Waals surface area contributed by atoms with Gasteiger partial charge in [-0.25, -0.2) is 0 Å². The third kappa shape index (κ3) is 6.62. The number of hydrogen-bond acceptors (Lipinski definition) is 4. The van der Waals surface area contributed by atoms with Crippen LogP contribution in [0.2, 0.25) is 0 Å². The normalized spacial score (nSPS) is 11.5. The minimum Gasteiger partial charge on any atom is -0.355 e. The van der Waals surface area contributed by atoms with E-state index in [4.69, 9.17) is 0 Å². The molecule has 6 nitrogen and oxygen atoms in total. The molecular weight excluding hydrogens is 326 g/mol. The van der Waals surface area contributed by atoms with Gasteiger partial charge in [-0.1, -0.05) is 0 Å². The van der Waals surface area contributed by atoms with E-state index in [0.29, 0.717) is 13.1 Å². The smallest absolute Gasteiger partial charge is 0.239 e. The molecule has 0 fully saturated rings. The highest BCUT2D eigenvalue weighted by molar-refractivity contribution is 8.00. The number of benzene rings is 1. The molecule has 1 unspecified atom stereocenters. The van der Waals surface area contributed by atoms with E-state index in [2.05, 4.69) is 10.6 Å². The maximum absolute atomic E-state index is 12.5. The fourth-order valence-electron chi connectivity index (χ4n) is 2.10. The topological polar surface area (TPSA) is 78.5 Å². The highest BCUT2D eigenvalue weighted by Gasteiger charge is 2.22. The molecule has 0 bridgehead atoms. The fourth-order valence-corrected chi connectivity index (χ4v) is 3.06. The first kappa shape index (κ1) is 20.0. The summed E-state index contributed by atoms with van der Waals surface area (Å²) >= 11 is 1.43. The van der Waals surface area contributed by atoms with Crippen LogP contribution in [-0.4, -0.2) is 47.5 Å². The Morgan fingerprint density at radius 3 is 2.29 bits per heavy atom. The summed E-state index contributed by atoms with van der Waals surface area (Å²) in [5, 5.41) is 5.10. The van der Waals surface area contributed by atoms with Gasteiger partial charge in [-0.05, 0) is 45.0 Å². The molecule has 1 aromatic rings. The third-order valence-electron chi connectivity index (χ3n) is 3.24. The molecule has 0 aliphatic heterocycles. The molecule has 0 heterocycles. The molecule has 132 valence electrons. The molecule has 0 spiro atoms. The summed E-state index contributed by atoms with van der Waals surface area (Å²) in [6, 6.07) is 7.32. The van der Waals surface area contributed by atoms with Crippen molar-refractivity contribution < 1.29 is 14.4 Å². The van der Waals surface area contributed by atoms with Crippen molar-refractivity contribution in [2.45, 2.75) is 37.8 Å². The van der Waals surface area contributed by atoms with Gasteiger partial charge < -0.3 is 15.5 Å². The second-order valence-corrected chi connectivity index (χ2v) is 6.69. The van der Waals surface area contributed by atoms with Gasteiger partial charge in [0.15, 0.2) is 0 Å². The second kappa shape index (κ2) is 9.97. The number of likely N-dealkylation sites (N-methyl/N-ethyl adjacent to an activating group) is 2. The van der Waals surface area contributed by atoms with E-state index < -0.39 is 0 Å². The van der Waals surface area contributed by atoms with Crippen LogP contribution in [0, 0.1) is 0 Å². The second-order valence-electron chi connectivity index (χ2n) is 5.27. The van der Waals surface area contributed by atoms with E-state index in [1.54, 1.807) is 17.0 Å². The first-order valence-corrected chi connectivity index (χ1v) is 8.85. The number of thioether (sulfide) groups is 1. The number of nitrogens with one attached hydrogen (secondary N) is 2. The van der Waals surface area contributed by atoms with E-state index in [0.717, 1.165) is 10.6 Å². The van der Waals surface area contributed by atoms with E-state index in [-0.39, 0.29) is 29.5 Å². The average Bonchev–Trinajstić information content (AvgIpc) is 2.53. The van der Waals surface area contributed by atoms with Gasteiger partial charge in [-0.15, -0.1) is 11.8 Å². The van der Waals surface area contributed by atoms with Crippen LogP contribution in [0.15, 0.2) is 29.2 Å². The Labute approximate surface area is 147 Å². The molecule has 1 aromatic carbocycles. The highest BCUT2D eigenvalue weighted by Crippen LogP contribution is 2.25. The van der Waals surface area contributed by atoms with Gasteiger partial charge in [0.2, 0.25) is 17.7 Å². The van der Waals surface area contributed by atoms with Gasteiger partial charge in [0.1, 0.15) is 0 Å². The number of carbonyl (C=O) groups is 3. The number of rotatable bonds is 8. The molecule has 0 aromatic heterocycles. The Morgan fingerprint density at radius 1 is 1.17 bits per heavy atom. The number of amides is 3. The Hall–Kier alpha value is -2.02. The highest BCUT2D eigenvalue weighted by atomic mass is 32.2. The van der Waals surface area contributed by atoms with Crippen LogP contribution in [-0.2, 0) is 14.4 Å². The van der Waals surface area contributed by atoms with Crippen molar-refractivity contribution >= 4 is 35.2 Å². The minimum absolute atomic E-state index is 0.0697. The Kier molecular flexibility index (Phi) is 8.32. The van der Waals surface area contributed by atoms with Crippen LogP contribution in [0.4, 0.5) is 5.69 Å². The summed E-state index contributed by atoms with van der Waals surface area (Å²) in [4.78, 5) is 37.7. The van der Waals surface area contributed by atoms with E-state index in [1.165, 1.54) is 18.7 Å². The molecule has 7 heteroatoms. The van der Waals surface area contributed by atoms with Crippen molar-refractivity contribution in [1.82, 2.24) is 10.2 Å². The zero-order valence-electron chi connectivity index (χ0n) is 14.6. The first-order valence-electron chi connectivity index (χ1n) is 7.97. The van der Waals surface area contributed by atoms with Crippen LogP contribution in [0.5, 0.6) is 0 Å². The first-order chi connectivity index (χ1) is 11.4. The number of nitrogens with zero attached hydrogens (tertiary/aromatic N) is 1. The van der Waals surface area contributed by atoms with Gasteiger partial charge in [0.25, 0.3) is 0 Å². The summed E-state index contributed by atoms with van der Waals surface area (Å²) < 4.78 is 0. The molecule has 0 saturated heterocycles. The van der Waals surface area contributed by atoms with E-state index in [9.17, 15) is 14.4 Å². The summed E-state index contributed by atoms with van der Waals surface area (Å²) in [5.41, 5.74) is 0.720. The summed E-state index contributed by atoms with van der Waals surface area (Å²) in [5.74, 6) is -0.341. The van der Waals surface area contributed by atoms with Crippen molar-refractivity contribution in [3.8, 4) is 0 Å². The molecule has 24 heavy (non-hydrogen) atoms. The van der Waals surface area contributed by atoms with Gasteiger partial charge in [-0.2, -0.15) is 0 Å². The SMILES string of the molecule is CCNC(=O)CN(CC)C(=O)C(C)Sc1ccc(NC(C)=O)cc1. The lowest BCUT2D eigenvalue weighted by atomic mass is 10.3. The lowest BCUT2D eigenvalue weighted by Gasteiger charge is -2.23. The molecule has 0 radical (unpaired) electrons. The lowest BCUT2D eigenvalue weighted by molar-refractivity contribution is -0.135. The lowest BCUT2D eigenvalue weighted by Crippen LogP contribution is -2.43. The predicted octanol–water partition coefficient (Wildman–Crippen LogP) is 2.11. The van der Waals surface area contributed by atoms with Crippen molar-refractivity contribution in [2.75, 3.05) is 25.0 Å². The number of carbonyl (C=O) groups excluding carboxylic acids is 3. The van der Waals surface area contributed by atoms with Crippen LogP contribution in [0.25, 0.3) is 0 Å². The number of hydrogen-bond donors (Lipinski definition) is 2. The largest absolute Gasteiger partial charge is 0.355 e. The third-order valence-corrected chi connectivity index (χ3v) is 4.34. The van der Waals surface area contributed by atoms with Gasteiger partial charge in [0, 0.05) is 30.6 Å². The average molecular weight is 351 g/mol.